The number of fused-ring (bicyclic) bond motifs is 2. The lowest BCUT2D eigenvalue weighted by Gasteiger charge is -2.28. The van der Waals surface area contributed by atoms with Crippen LogP contribution in [-0.4, -0.2) is 23.6 Å². The van der Waals surface area contributed by atoms with Crippen molar-refractivity contribution in [3.63, 3.8) is 0 Å². The first kappa shape index (κ1) is 19.4. The molecule has 3 aromatic carbocycles. The summed E-state index contributed by atoms with van der Waals surface area (Å²) < 4.78 is 6.23. The smallest absolute Gasteiger partial charge is 0.143 e. The van der Waals surface area contributed by atoms with Crippen LogP contribution in [0.2, 0.25) is 0 Å². The summed E-state index contributed by atoms with van der Waals surface area (Å²) in [5.41, 5.74) is 7.56. The van der Waals surface area contributed by atoms with Crippen molar-refractivity contribution in [2.24, 2.45) is 0 Å². The maximum Gasteiger partial charge on any atom is 0.143 e. The number of hydrogen-bond acceptors (Lipinski definition) is 5. The van der Waals surface area contributed by atoms with E-state index >= 15 is 0 Å². The minimum atomic E-state index is 0.527. The van der Waals surface area contributed by atoms with Gasteiger partial charge >= 0.3 is 0 Å². The fraction of sp³-hybridized carbons (Fsp3) is 0.107. The Labute approximate surface area is 193 Å². The molecule has 0 fully saturated rings. The topological polar surface area (TPSA) is 31.8 Å². The van der Waals surface area contributed by atoms with E-state index in [1.807, 2.05) is 36.5 Å². The first-order valence-corrected chi connectivity index (χ1v) is 11.1. The van der Waals surface area contributed by atoms with Gasteiger partial charge in [0.15, 0.2) is 0 Å². The van der Waals surface area contributed by atoms with E-state index in [1.54, 1.807) is 0 Å². The number of nitrogens with zero attached hydrogens (tertiary/aromatic N) is 4. The number of ether oxygens (including phenoxy) is 1. The molecule has 162 valence electrons. The summed E-state index contributed by atoms with van der Waals surface area (Å²) in [5.74, 6) is 0.874. The van der Waals surface area contributed by atoms with Gasteiger partial charge in [-0.15, -0.1) is 0 Å². The lowest BCUT2D eigenvalue weighted by Crippen LogP contribution is -2.22. The lowest BCUT2D eigenvalue weighted by molar-refractivity contribution is 0.310. The first-order valence-electron chi connectivity index (χ1n) is 11.1. The Morgan fingerprint density at radius 2 is 1.70 bits per heavy atom. The zero-order valence-electron chi connectivity index (χ0n) is 18.4. The molecule has 6 rings (SSSR count). The molecular formula is C28H24N4O. The monoisotopic (exact) mass is 432 g/mol. The Morgan fingerprint density at radius 3 is 2.55 bits per heavy atom. The van der Waals surface area contributed by atoms with E-state index in [4.69, 9.17) is 4.74 Å². The van der Waals surface area contributed by atoms with Gasteiger partial charge in [-0.05, 0) is 48.5 Å². The summed E-state index contributed by atoms with van der Waals surface area (Å²) in [6.07, 6.45) is 6.05. The van der Waals surface area contributed by atoms with E-state index < -0.39 is 0 Å². The van der Waals surface area contributed by atoms with Gasteiger partial charge in [-0.25, -0.2) is 0 Å². The van der Waals surface area contributed by atoms with E-state index in [0.717, 1.165) is 52.0 Å². The van der Waals surface area contributed by atoms with Crippen molar-refractivity contribution in [2.45, 2.75) is 6.61 Å². The second-order valence-corrected chi connectivity index (χ2v) is 8.34. The molecule has 33 heavy (non-hydrogen) atoms. The quantitative estimate of drug-likeness (QED) is 0.380. The molecule has 0 bridgehead atoms. The normalized spacial score (nSPS) is 14.5. The van der Waals surface area contributed by atoms with Crippen molar-refractivity contribution in [3.05, 3.63) is 109 Å². The fourth-order valence-corrected chi connectivity index (χ4v) is 4.42. The van der Waals surface area contributed by atoms with E-state index in [1.165, 1.54) is 0 Å². The van der Waals surface area contributed by atoms with Crippen LogP contribution in [0.15, 0.2) is 104 Å². The molecule has 0 radical (unpaired) electrons. The Balaban J connectivity index is 1.52. The van der Waals surface area contributed by atoms with Crippen LogP contribution in [0.5, 0.6) is 5.75 Å². The highest BCUT2D eigenvalue weighted by atomic mass is 16.5. The number of aromatic nitrogens is 1. The molecule has 0 saturated carbocycles. The molecule has 0 spiro atoms. The van der Waals surface area contributed by atoms with Crippen LogP contribution < -0.4 is 14.5 Å². The third kappa shape index (κ3) is 3.57. The third-order valence-corrected chi connectivity index (χ3v) is 6.07. The van der Waals surface area contributed by atoms with Gasteiger partial charge < -0.3 is 19.4 Å². The minimum absolute atomic E-state index is 0.527. The van der Waals surface area contributed by atoms with Crippen molar-refractivity contribution < 1.29 is 4.74 Å². The van der Waals surface area contributed by atoms with Crippen molar-refractivity contribution in [1.29, 1.82) is 0 Å². The zero-order valence-corrected chi connectivity index (χ0v) is 18.4. The largest absolute Gasteiger partial charge is 0.487 e. The van der Waals surface area contributed by atoms with Crippen LogP contribution in [0.3, 0.4) is 0 Å². The standard InChI is InChI=1S/C28H24N4O/c1-30-15-16-31(20-30)23-13-12-22-19-33-28-11-3-2-10-26(28)32(27(22)18-23)24-8-6-7-21(17-24)25-9-4-5-14-29-25/h2-18H,19-20H2,1H3. The van der Waals surface area contributed by atoms with Crippen LogP contribution in [0, 0.1) is 0 Å². The summed E-state index contributed by atoms with van der Waals surface area (Å²) in [6.45, 7) is 1.36. The molecule has 0 N–H and O–H groups in total. The molecule has 0 aliphatic carbocycles. The summed E-state index contributed by atoms with van der Waals surface area (Å²) in [5, 5.41) is 0. The van der Waals surface area contributed by atoms with Crippen molar-refractivity contribution in [1.82, 2.24) is 9.88 Å². The summed E-state index contributed by atoms with van der Waals surface area (Å²) >= 11 is 0. The van der Waals surface area contributed by atoms with Gasteiger partial charge in [0.25, 0.3) is 0 Å². The second-order valence-electron chi connectivity index (χ2n) is 8.34. The van der Waals surface area contributed by atoms with Crippen LogP contribution in [0.1, 0.15) is 5.56 Å². The number of anilines is 4. The number of hydrogen-bond donors (Lipinski definition) is 0. The average molecular weight is 433 g/mol. The number of para-hydroxylation sites is 2. The van der Waals surface area contributed by atoms with Crippen LogP contribution in [0.4, 0.5) is 22.7 Å². The number of rotatable bonds is 3. The molecule has 0 unspecified atom stereocenters. The van der Waals surface area contributed by atoms with Gasteiger partial charge in [-0.2, -0.15) is 0 Å². The predicted molar refractivity (Wildman–Crippen MR) is 133 cm³/mol. The van der Waals surface area contributed by atoms with Gasteiger partial charge in [-0.1, -0.05) is 36.4 Å². The average Bonchev–Trinajstić information content (AvgIpc) is 3.23. The maximum absolute atomic E-state index is 6.23. The molecule has 2 aliphatic rings. The molecule has 1 aromatic heterocycles. The molecule has 2 aliphatic heterocycles. The molecule has 3 heterocycles. The summed E-state index contributed by atoms with van der Waals surface area (Å²) in [7, 11) is 2.08. The highest BCUT2D eigenvalue weighted by molar-refractivity contribution is 5.85. The third-order valence-electron chi connectivity index (χ3n) is 6.07. The van der Waals surface area contributed by atoms with Crippen LogP contribution >= 0.6 is 0 Å². The molecule has 0 saturated heterocycles. The first-order chi connectivity index (χ1) is 16.3. The van der Waals surface area contributed by atoms with Gasteiger partial charge in [0.1, 0.15) is 12.4 Å². The van der Waals surface area contributed by atoms with Gasteiger partial charge in [0.2, 0.25) is 0 Å². The Hall–Kier alpha value is -4.25. The molecule has 5 heteroatoms. The Morgan fingerprint density at radius 1 is 0.788 bits per heavy atom. The molecule has 0 atom stereocenters. The Kier molecular flexibility index (Phi) is 4.73. The summed E-state index contributed by atoms with van der Waals surface area (Å²) in [6, 6.07) is 29.4. The lowest BCUT2D eigenvalue weighted by atomic mass is 10.1. The second kappa shape index (κ2) is 8.02. The van der Waals surface area contributed by atoms with Crippen molar-refractivity contribution >= 4 is 22.7 Å². The highest BCUT2D eigenvalue weighted by Gasteiger charge is 2.25. The van der Waals surface area contributed by atoms with Gasteiger partial charge in [-0.3, -0.25) is 4.98 Å². The number of pyridine rings is 1. The van der Waals surface area contributed by atoms with E-state index in [9.17, 15) is 0 Å². The maximum atomic E-state index is 6.23. The minimum Gasteiger partial charge on any atom is -0.487 e. The predicted octanol–water partition coefficient (Wildman–Crippen LogP) is 6.29. The molecular weight excluding hydrogens is 408 g/mol. The van der Waals surface area contributed by atoms with E-state index in [0.29, 0.717) is 6.61 Å². The summed E-state index contributed by atoms with van der Waals surface area (Å²) in [4.78, 5) is 11.3. The molecule has 5 nitrogen and oxygen atoms in total. The van der Waals surface area contributed by atoms with Crippen molar-refractivity contribution in [3.8, 4) is 17.0 Å². The number of benzene rings is 3. The van der Waals surface area contributed by atoms with Gasteiger partial charge in [0, 0.05) is 48.1 Å². The van der Waals surface area contributed by atoms with Crippen LogP contribution in [0.25, 0.3) is 11.3 Å². The SMILES string of the molecule is CN1C=CN(c2ccc3c(c2)N(c2cccc(-c4ccccn4)c2)c2ccccc2OC3)C1. The zero-order chi connectivity index (χ0) is 22.2. The molecule has 0 amide bonds. The van der Waals surface area contributed by atoms with Crippen LogP contribution in [-0.2, 0) is 6.61 Å². The molecule has 4 aromatic rings. The van der Waals surface area contributed by atoms with E-state index in [2.05, 4.69) is 93.7 Å². The van der Waals surface area contributed by atoms with E-state index in [-0.39, 0.29) is 0 Å². The fourth-order valence-electron chi connectivity index (χ4n) is 4.42. The van der Waals surface area contributed by atoms with Crippen molar-refractivity contribution in [2.75, 3.05) is 23.5 Å². The van der Waals surface area contributed by atoms with Gasteiger partial charge in [0.05, 0.1) is 23.7 Å². The highest BCUT2D eigenvalue weighted by Crippen LogP contribution is 2.46. The Bertz CT molecular complexity index is 1330.